The molecule has 5 aromatic rings. The van der Waals surface area contributed by atoms with Crippen LogP contribution in [0.1, 0.15) is 35.3 Å². The van der Waals surface area contributed by atoms with E-state index in [2.05, 4.69) is 48.1 Å². The third kappa shape index (κ3) is 4.75. The lowest BCUT2D eigenvalue weighted by atomic mass is 10.0. The van der Waals surface area contributed by atoms with Crippen molar-refractivity contribution < 1.29 is 14.6 Å². The van der Waals surface area contributed by atoms with Crippen molar-refractivity contribution in [2.75, 3.05) is 0 Å². The first kappa shape index (κ1) is 23.8. The second kappa shape index (κ2) is 9.95. The normalized spacial score (nSPS) is 11.2. The van der Waals surface area contributed by atoms with E-state index >= 15 is 0 Å². The lowest BCUT2D eigenvalue weighted by Crippen LogP contribution is -2.05. The van der Waals surface area contributed by atoms with E-state index in [9.17, 15) is 4.79 Å². The van der Waals surface area contributed by atoms with E-state index in [0.29, 0.717) is 12.3 Å². The summed E-state index contributed by atoms with van der Waals surface area (Å²) in [6.45, 7) is 7.01. The molecular formula is C29H27N3O3S. The van der Waals surface area contributed by atoms with E-state index in [0.717, 1.165) is 68.2 Å². The van der Waals surface area contributed by atoms with Crippen molar-refractivity contribution in [1.82, 2.24) is 14.5 Å². The van der Waals surface area contributed by atoms with Gasteiger partial charge in [0.05, 0.1) is 21.7 Å². The van der Waals surface area contributed by atoms with Crippen LogP contribution >= 0.6 is 11.3 Å². The first-order valence-corrected chi connectivity index (χ1v) is 12.8. The molecule has 36 heavy (non-hydrogen) atoms. The van der Waals surface area contributed by atoms with E-state index in [-0.39, 0.29) is 0 Å². The first-order chi connectivity index (χ1) is 17.4. The highest BCUT2D eigenvalue weighted by Crippen LogP contribution is 2.32. The molecule has 0 saturated heterocycles. The van der Waals surface area contributed by atoms with Crippen molar-refractivity contribution >= 4 is 28.5 Å². The van der Waals surface area contributed by atoms with Gasteiger partial charge in [0.2, 0.25) is 0 Å². The van der Waals surface area contributed by atoms with Gasteiger partial charge in [-0.2, -0.15) is 0 Å². The molecule has 0 spiro atoms. The zero-order valence-electron chi connectivity index (χ0n) is 20.5. The van der Waals surface area contributed by atoms with Crippen LogP contribution < -0.4 is 4.74 Å². The van der Waals surface area contributed by atoms with Gasteiger partial charge < -0.3 is 14.4 Å². The molecule has 7 heteroatoms. The number of carboxylic acid groups (broad SMARTS) is 1. The van der Waals surface area contributed by atoms with Crippen LogP contribution in [-0.2, 0) is 13.0 Å². The van der Waals surface area contributed by atoms with Gasteiger partial charge in [-0.25, -0.2) is 14.8 Å². The number of ether oxygens (including phenoxy) is 1. The third-order valence-electron chi connectivity index (χ3n) is 6.20. The fourth-order valence-electron chi connectivity index (χ4n) is 4.54. The van der Waals surface area contributed by atoms with Gasteiger partial charge >= 0.3 is 6.16 Å². The Labute approximate surface area is 213 Å². The maximum absolute atomic E-state index is 11.1. The van der Waals surface area contributed by atoms with Crippen LogP contribution in [0.15, 0.2) is 66.0 Å². The van der Waals surface area contributed by atoms with Gasteiger partial charge in [0.15, 0.2) is 0 Å². The summed E-state index contributed by atoms with van der Waals surface area (Å²) in [5.41, 5.74) is 8.18. The predicted molar refractivity (Wildman–Crippen MR) is 144 cm³/mol. The SMILES string of the molecule is CCCc1nc2c(C)cc(-c3csc(C)n3)cc2n1Cc1ccc(-c2ccccc2OC(=O)O)cc1. The molecule has 0 aliphatic carbocycles. The van der Waals surface area contributed by atoms with Crippen molar-refractivity contribution in [3.63, 3.8) is 0 Å². The minimum atomic E-state index is -1.32. The maximum Gasteiger partial charge on any atom is 0.511 e. The van der Waals surface area contributed by atoms with E-state index in [1.807, 2.05) is 31.2 Å². The van der Waals surface area contributed by atoms with Crippen LogP contribution in [0.3, 0.4) is 0 Å². The van der Waals surface area contributed by atoms with Gasteiger partial charge in [0, 0.05) is 29.5 Å². The fourth-order valence-corrected chi connectivity index (χ4v) is 5.16. The number of hydrogen-bond donors (Lipinski definition) is 1. The Morgan fingerprint density at radius 1 is 1.03 bits per heavy atom. The smallest absolute Gasteiger partial charge is 0.449 e. The molecule has 5 rings (SSSR count). The molecule has 0 amide bonds. The van der Waals surface area contributed by atoms with Gasteiger partial charge in [-0.1, -0.05) is 49.4 Å². The molecule has 0 atom stereocenters. The number of rotatable bonds is 7. The Balaban J connectivity index is 1.52. The Morgan fingerprint density at radius 3 is 2.50 bits per heavy atom. The van der Waals surface area contributed by atoms with Gasteiger partial charge in [0.1, 0.15) is 11.6 Å². The highest BCUT2D eigenvalue weighted by molar-refractivity contribution is 7.09. The molecule has 0 fully saturated rings. The third-order valence-corrected chi connectivity index (χ3v) is 6.98. The quantitative estimate of drug-likeness (QED) is 0.186. The summed E-state index contributed by atoms with van der Waals surface area (Å²) in [5, 5.41) is 12.2. The van der Waals surface area contributed by atoms with E-state index < -0.39 is 6.16 Å². The van der Waals surface area contributed by atoms with Crippen LogP contribution in [0.5, 0.6) is 5.75 Å². The Kier molecular flexibility index (Phi) is 6.57. The van der Waals surface area contributed by atoms with Crippen molar-refractivity contribution in [2.45, 2.75) is 40.2 Å². The van der Waals surface area contributed by atoms with Crippen LogP contribution in [0.2, 0.25) is 0 Å². The number of thiazole rings is 1. The van der Waals surface area contributed by atoms with Crippen LogP contribution in [-0.4, -0.2) is 25.8 Å². The lowest BCUT2D eigenvalue weighted by molar-refractivity contribution is 0.144. The monoisotopic (exact) mass is 497 g/mol. The van der Waals surface area contributed by atoms with Gasteiger partial charge in [-0.15, -0.1) is 11.3 Å². The number of para-hydroxylation sites is 1. The van der Waals surface area contributed by atoms with E-state index in [4.69, 9.17) is 19.8 Å². The van der Waals surface area contributed by atoms with Crippen LogP contribution in [0.4, 0.5) is 4.79 Å². The second-order valence-electron chi connectivity index (χ2n) is 8.84. The number of aryl methyl sites for hydroxylation is 3. The molecular weight excluding hydrogens is 470 g/mol. The van der Waals surface area contributed by atoms with Gasteiger partial charge in [-0.05, 0) is 55.2 Å². The molecule has 0 saturated carbocycles. The molecule has 6 nitrogen and oxygen atoms in total. The summed E-state index contributed by atoms with van der Waals surface area (Å²) in [6.07, 6.45) is 0.592. The zero-order chi connectivity index (χ0) is 25.2. The Morgan fingerprint density at radius 2 is 1.81 bits per heavy atom. The highest BCUT2D eigenvalue weighted by atomic mass is 32.1. The van der Waals surface area contributed by atoms with E-state index in [1.54, 1.807) is 23.5 Å². The van der Waals surface area contributed by atoms with E-state index in [1.165, 1.54) is 0 Å². The lowest BCUT2D eigenvalue weighted by Gasteiger charge is -2.12. The predicted octanol–water partition coefficient (Wildman–Crippen LogP) is 7.50. The number of aromatic nitrogens is 3. The molecule has 0 aliphatic rings. The van der Waals surface area contributed by atoms with Crippen molar-refractivity contribution in [1.29, 1.82) is 0 Å². The molecule has 0 unspecified atom stereocenters. The number of nitrogens with zero attached hydrogens (tertiary/aromatic N) is 3. The number of fused-ring (bicyclic) bond motifs is 1. The minimum absolute atomic E-state index is 0.323. The largest absolute Gasteiger partial charge is 0.511 e. The summed E-state index contributed by atoms with van der Waals surface area (Å²) >= 11 is 1.66. The zero-order valence-corrected chi connectivity index (χ0v) is 21.3. The second-order valence-corrected chi connectivity index (χ2v) is 9.90. The molecule has 0 bridgehead atoms. The average molecular weight is 498 g/mol. The summed E-state index contributed by atoms with van der Waals surface area (Å²) < 4.78 is 7.28. The van der Waals surface area contributed by atoms with Crippen molar-refractivity contribution in [3.8, 4) is 28.1 Å². The fraction of sp³-hybridized carbons (Fsp3) is 0.207. The first-order valence-electron chi connectivity index (χ1n) is 11.9. The molecule has 0 radical (unpaired) electrons. The molecule has 182 valence electrons. The van der Waals surface area contributed by atoms with Gasteiger partial charge in [-0.3, -0.25) is 0 Å². The highest BCUT2D eigenvalue weighted by Gasteiger charge is 2.16. The molecule has 2 aromatic heterocycles. The Hall–Kier alpha value is -3.97. The average Bonchev–Trinajstić information content (AvgIpc) is 3.44. The van der Waals surface area contributed by atoms with Crippen LogP contribution in [0, 0.1) is 13.8 Å². The number of carbonyl (C=O) groups is 1. The van der Waals surface area contributed by atoms with Crippen LogP contribution in [0.25, 0.3) is 33.4 Å². The number of benzene rings is 3. The molecule has 3 aromatic carbocycles. The Bertz CT molecular complexity index is 1550. The summed E-state index contributed by atoms with van der Waals surface area (Å²) in [7, 11) is 0. The summed E-state index contributed by atoms with van der Waals surface area (Å²) in [6, 6.07) is 19.7. The molecule has 2 heterocycles. The minimum Gasteiger partial charge on any atom is -0.449 e. The standard InChI is InChI=1S/C29H27N3O3S/c1-4-7-27-31-28-18(2)14-22(24-17-36-19(3)30-24)15-25(28)32(27)16-20-10-12-21(13-11-20)23-8-5-6-9-26(23)35-29(33)34/h5-6,8-15,17H,4,7,16H2,1-3H3,(H,33,34). The number of hydrogen-bond acceptors (Lipinski definition) is 5. The van der Waals surface area contributed by atoms with Crippen molar-refractivity contribution in [2.24, 2.45) is 0 Å². The maximum atomic E-state index is 11.1. The van der Waals surface area contributed by atoms with Crippen molar-refractivity contribution in [3.05, 3.63) is 88.0 Å². The summed E-state index contributed by atoms with van der Waals surface area (Å²) in [5.74, 6) is 1.40. The number of imidazole rings is 1. The topological polar surface area (TPSA) is 77.2 Å². The van der Waals surface area contributed by atoms with Gasteiger partial charge in [0.25, 0.3) is 0 Å². The molecule has 0 aliphatic heterocycles. The molecule has 1 N–H and O–H groups in total. The summed E-state index contributed by atoms with van der Waals surface area (Å²) in [4.78, 5) is 20.8.